The van der Waals surface area contributed by atoms with E-state index in [4.69, 9.17) is 0 Å². The van der Waals surface area contributed by atoms with Crippen molar-refractivity contribution in [2.75, 3.05) is 13.1 Å². The standard InChI is InChI=1S/C15H16BrNO2S2/c16-14-1-3-15(4-2-14)21(18,19)17-8-5-12(6-9-17)13-7-10-20-11-13/h1-4,7,10-12H,5-6,8-9H2. The summed E-state index contributed by atoms with van der Waals surface area (Å²) in [5.74, 6) is 0.493. The number of halogens is 1. The van der Waals surface area contributed by atoms with Gasteiger partial charge in [0.05, 0.1) is 4.90 Å². The predicted molar refractivity (Wildman–Crippen MR) is 89.2 cm³/mol. The van der Waals surface area contributed by atoms with Gasteiger partial charge in [-0.25, -0.2) is 8.42 Å². The van der Waals surface area contributed by atoms with Crippen LogP contribution in [0, 0.1) is 0 Å². The normalized spacial score (nSPS) is 18.0. The first kappa shape index (κ1) is 15.2. The molecule has 0 amide bonds. The van der Waals surface area contributed by atoms with Crippen LogP contribution >= 0.6 is 27.3 Å². The first-order chi connectivity index (χ1) is 10.1. The zero-order valence-corrected chi connectivity index (χ0v) is 14.6. The molecule has 112 valence electrons. The van der Waals surface area contributed by atoms with Crippen molar-refractivity contribution in [1.82, 2.24) is 4.31 Å². The Bertz CT molecular complexity index is 688. The second kappa shape index (κ2) is 6.20. The van der Waals surface area contributed by atoms with Gasteiger partial charge in [0.2, 0.25) is 10.0 Å². The highest BCUT2D eigenvalue weighted by atomic mass is 79.9. The summed E-state index contributed by atoms with van der Waals surface area (Å²) in [5.41, 5.74) is 1.35. The van der Waals surface area contributed by atoms with Gasteiger partial charge >= 0.3 is 0 Å². The van der Waals surface area contributed by atoms with Gasteiger partial charge in [0, 0.05) is 17.6 Å². The number of benzene rings is 1. The van der Waals surface area contributed by atoms with E-state index < -0.39 is 10.0 Å². The second-order valence-corrected chi connectivity index (χ2v) is 8.82. The first-order valence-electron chi connectivity index (χ1n) is 6.85. The molecule has 1 aromatic carbocycles. The number of rotatable bonds is 3. The molecule has 0 aliphatic carbocycles. The maximum atomic E-state index is 12.6. The van der Waals surface area contributed by atoms with Gasteiger partial charge in [0.1, 0.15) is 0 Å². The van der Waals surface area contributed by atoms with Crippen molar-refractivity contribution in [1.29, 1.82) is 0 Å². The molecule has 1 aliphatic heterocycles. The maximum Gasteiger partial charge on any atom is 0.243 e. The van der Waals surface area contributed by atoms with E-state index in [1.807, 2.05) is 0 Å². The largest absolute Gasteiger partial charge is 0.243 e. The molecule has 0 radical (unpaired) electrons. The molecular weight excluding hydrogens is 370 g/mol. The lowest BCUT2D eigenvalue weighted by Crippen LogP contribution is -2.37. The minimum atomic E-state index is -3.36. The van der Waals surface area contributed by atoms with Crippen molar-refractivity contribution in [3.05, 3.63) is 51.1 Å². The van der Waals surface area contributed by atoms with Crippen molar-refractivity contribution in [2.45, 2.75) is 23.7 Å². The molecule has 2 aromatic rings. The van der Waals surface area contributed by atoms with E-state index in [2.05, 4.69) is 32.8 Å². The lowest BCUT2D eigenvalue weighted by atomic mass is 9.92. The summed E-state index contributed by atoms with van der Waals surface area (Å²) in [6.07, 6.45) is 1.79. The van der Waals surface area contributed by atoms with Gasteiger partial charge in [-0.1, -0.05) is 15.9 Å². The maximum absolute atomic E-state index is 12.6. The average molecular weight is 386 g/mol. The Morgan fingerprint density at radius 1 is 1.10 bits per heavy atom. The van der Waals surface area contributed by atoms with Crippen LogP contribution in [0.25, 0.3) is 0 Å². The molecule has 21 heavy (non-hydrogen) atoms. The Hall–Kier alpha value is -0.690. The van der Waals surface area contributed by atoms with E-state index in [0.29, 0.717) is 23.9 Å². The van der Waals surface area contributed by atoms with E-state index in [-0.39, 0.29) is 0 Å². The number of piperidine rings is 1. The topological polar surface area (TPSA) is 37.4 Å². The lowest BCUT2D eigenvalue weighted by Gasteiger charge is -2.31. The molecule has 6 heteroatoms. The van der Waals surface area contributed by atoms with Crippen molar-refractivity contribution < 1.29 is 8.42 Å². The van der Waals surface area contributed by atoms with E-state index in [0.717, 1.165) is 17.3 Å². The van der Waals surface area contributed by atoms with Crippen LogP contribution in [0.15, 0.2) is 50.5 Å². The summed E-state index contributed by atoms with van der Waals surface area (Å²) < 4.78 is 27.7. The highest BCUT2D eigenvalue weighted by molar-refractivity contribution is 9.10. The van der Waals surface area contributed by atoms with E-state index in [9.17, 15) is 8.42 Å². The monoisotopic (exact) mass is 385 g/mol. The Balaban J connectivity index is 1.72. The van der Waals surface area contributed by atoms with Crippen LogP contribution in [-0.4, -0.2) is 25.8 Å². The molecule has 2 heterocycles. The van der Waals surface area contributed by atoms with E-state index in [1.54, 1.807) is 39.9 Å². The predicted octanol–water partition coefficient (Wildman–Crippen LogP) is 4.08. The fraction of sp³-hybridized carbons (Fsp3) is 0.333. The Labute approximate surface area is 137 Å². The zero-order chi connectivity index (χ0) is 14.9. The SMILES string of the molecule is O=S(=O)(c1ccc(Br)cc1)N1CCC(c2ccsc2)CC1. The molecular formula is C15H16BrNO2S2. The average Bonchev–Trinajstić information content (AvgIpc) is 3.02. The van der Waals surface area contributed by atoms with Crippen LogP contribution in [0.3, 0.4) is 0 Å². The summed E-state index contributed by atoms with van der Waals surface area (Å²) in [6.45, 7) is 1.19. The van der Waals surface area contributed by atoms with Gasteiger partial charge < -0.3 is 0 Å². The van der Waals surface area contributed by atoms with Crippen LogP contribution in [-0.2, 0) is 10.0 Å². The molecule has 1 fully saturated rings. The second-order valence-electron chi connectivity index (χ2n) is 5.19. The van der Waals surface area contributed by atoms with Crippen LogP contribution in [0.5, 0.6) is 0 Å². The third kappa shape index (κ3) is 3.23. The molecule has 1 saturated heterocycles. The lowest BCUT2D eigenvalue weighted by molar-refractivity contribution is 0.320. The molecule has 0 N–H and O–H groups in total. The van der Waals surface area contributed by atoms with Gasteiger partial charge in [-0.3, -0.25) is 0 Å². The number of thiophene rings is 1. The van der Waals surface area contributed by atoms with E-state index in [1.165, 1.54) is 5.56 Å². The molecule has 3 rings (SSSR count). The third-order valence-corrected chi connectivity index (χ3v) is 7.06. The third-order valence-electron chi connectivity index (χ3n) is 3.92. The number of hydrogen-bond donors (Lipinski definition) is 0. The van der Waals surface area contributed by atoms with Crippen LogP contribution < -0.4 is 0 Å². The van der Waals surface area contributed by atoms with Gasteiger partial charge in [0.25, 0.3) is 0 Å². The molecule has 0 spiro atoms. The Morgan fingerprint density at radius 3 is 2.33 bits per heavy atom. The summed E-state index contributed by atoms with van der Waals surface area (Å²) in [5, 5.41) is 4.25. The fourth-order valence-corrected chi connectivity index (χ4v) is 5.17. The quantitative estimate of drug-likeness (QED) is 0.797. The van der Waals surface area contributed by atoms with E-state index >= 15 is 0 Å². The van der Waals surface area contributed by atoms with Gasteiger partial charge in [-0.15, -0.1) is 0 Å². The molecule has 0 unspecified atom stereocenters. The van der Waals surface area contributed by atoms with Crippen molar-refractivity contribution in [3.63, 3.8) is 0 Å². The molecule has 0 saturated carbocycles. The zero-order valence-electron chi connectivity index (χ0n) is 11.4. The van der Waals surface area contributed by atoms with Crippen LogP contribution in [0.4, 0.5) is 0 Å². The van der Waals surface area contributed by atoms with Gasteiger partial charge in [-0.05, 0) is 65.4 Å². The molecule has 1 aliphatic rings. The Kier molecular flexibility index (Phi) is 4.49. The molecule has 0 bridgehead atoms. The summed E-state index contributed by atoms with van der Waals surface area (Å²) in [7, 11) is -3.36. The van der Waals surface area contributed by atoms with Crippen LogP contribution in [0.2, 0.25) is 0 Å². The summed E-state index contributed by atoms with van der Waals surface area (Å²) in [6, 6.07) is 9.00. The van der Waals surface area contributed by atoms with Crippen molar-refractivity contribution in [3.8, 4) is 0 Å². The van der Waals surface area contributed by atoms with Crippen molar-refractivity contribution in [2.24, 2.45) is 0 Å². The number of nitrogens with zero attached hydrogens (tertiary/aromatic N) is 1. The molecule has 3 nitrogen and oxygen atoms in total. The Morgan fingerprint density at radius 2 is 1.76 bits per heavy atom. The minimum absolute atomic E-state index is 0.375. The van der Waals surface area contributed by atoms with Gasteiger partial charge in [-0.2, -0.15) is 15.6 Å². The summed E-state index contributed by atoms with van der Waals surface area (Å²) >= 11 is 5.03. The highest BCUT2D eigenvalue weighted by Crippen LogP contribution is 2.31. The smallest absolute Gasteiger partial charge is 0.207 e. The van der Waals surface area contributed by atoms with Gasteiger partial charge in [0.15, 0.2) is 0 Å². The van der Waals surface area contributed by atoms with Crippen LogP contribution in [0.1, 0.15) is 24.3 Å². The molecule has 0 atom stereocenters. The number of sulfonamides is 1. The minimum Gasteiger partial charge on any atom is -0.207 e. The summed E-state index contributed by atoms with van der Waals surface area (Å²) in [4.78, 5) is 0.375. The molecule has 1 aromatic heterocycles. The highest BCUT2D eigenvalue weighted by Gasteiger charge is 2.29. The first-order valence-corrected chi connectivity index (χ1v) is 10.0. The van der Waals surface area contributed by atoms with Crippen molar-refractivity contribution >= 4 is 37.3 Å². The number of hydrogen-bond acceptors (Lipinski definition) is 3. The fourth-order valence-electron chi connectivity index (χ4n) is 2.69.